The fourth-order valence-corrected chi connectivity index (χ4v) is 7.98. The van der Waals surface area contributed by atoms with Crippen LogP contribution < -0.4 is 11.1 Å². The topological polar surface area (TPSA) is 145 Å². The second-order valence-electron chi connectivity index (χ2n) is 12.3. The van der Waals surface area contributed by atoms with E-state index >= 15 is 0 Å². The number of hydrogen-bond acceptors (Lipinski definition) is 7. The first-order valence-electron chi connectivity index (χ1n) is 17.0. The van der Waals surface area contributed by atoms with Crippen LogP contribution in [0.25, 0.3) is 0 Å². The number of nitrogens with one attached hydrogen (secondary N) is 1. The first kappa shape index (κ1) is 39.4. The molecule has 3 unspecified atom stereocenters. The molecule has 0 heterocycles. The van der Waals surface area contributed by atoms with Crippen molar-refractivity contribution < 1.29 is 33.3 Å². The van der Waals surface area contributed by atoms with Crippen LogP contribution in [-0.2, 0) is 60.7 Å². The van der Waals surface area contributed by atoms with Gasteiger partial charge in [-0.3, -0.25) is 14.2 Å². The van der Waals surface area contributed by atoms with Gasteiger partial charge in [0.2, 0.25) is 13.3 Å². The Balaban J connectivity index is 0.00000195. The maximum absolute atomic E-state index is 14.9. The van der Waals surface area contributed by atoms with Crippen molar-refractivity contribution in [3.8, 4) is 0 Å². The summed E-state index contributed by atoms with van der Waals surface area (Å²) in [7, 11) is -3.67. The average Bonchev–Trinajstić information content (AvgIpc) is 3.18. The second-order valence-corrected chi connectivity index (χ2v) is 15.0. The minimum atomic E-state index is -3.67. The first-order chi connectivity index (χ1) is 25.3. The molecule has 4 N–H and O–H groups in total. The molecule has 4 atom stereocenters. The van der Waals surface area contributed by atoms with Crippen molar-refractivity contribution in [3.63, 3.8) is 0 Å². The van der Waals surface area contributed by atoms with Crippen LogP contribution >= 0.6 is 7.37 Å². The molecule has 5 rings (SSSR count). The van der Waals surface area contributed by atoms with E-state index in [0.717, 1.165) is 27.8 Å². The molecule has 5 aromatic rings. The zero-order chi connectivity index (χ0) is 37.0. The fraction of sp³-hybridized carbons (Fsp3) is 0.214. The Morgan fingerprint density at radius 3 is 1.48 bits per heavy atom. The molecule has 0 aromatic heterocycles. The summed E-state index contributed by atoms with van der Waals surface area (Å²) in [5.41, 5.74) is 11.1. The van der Waals surface area contributed by atoms with Crippen LogP contribution in [0.3, 0.4) is 0 Å². The first-order valence-corrected chi connectivity index (χ1v) is 18.9. The molecule has 270 valence electrons. The van der Waals surface area contributed by atoms with E-state index in [1.807, 2.05) is 152 Å². The van der Waals surface area contributed by atoms with Gasteiger partial charge >= 0.3 is 5.97 Å². The second kappa shape index (κ2) is 21.1. The monoisotopic (exact) mass is 720 g/mol. The van der Waals surface area contributed by atoms with Gasteiger partial charge in [-0.15, -0.1) is 0 Å². The Bertz CT molecular complexity index is 1830. The van der Waals surface area contributed by atoms with Gasteiger partial charge in [0, 0.05) is 12.6 Å². The molecule has 5 aromatic carbocycles. The fourth-order valence-electron chi connectivity index (χ4n) is 5.64. The Hall–Kier alpha value is -5.34. The van der Waals surface area contributed by atoms with Crippen molar-refractivity contribution in [2.45, 2.75) is 44.3 Å². The molecule has 52 heavy (non-hydrogen) atoms. The van der Waals surface area contributed by atoms with Gasteiger partial charge in [0.1, 0.15) is 12.6 Å². The van der Waals surface area contributed by atoms with E-state index in [1.165, 1.54) is 0 Å². The third kappa shape index (κ3) is 13.1. The summed E-state index contributed by atoms with van der Waals surface area (Å²) in [6.07, 6.45) is 0.717. The van der Waals surface area contributed by atoms with Crippen LogP contribution in [-0.4, -0.2) is 41.4 Å². The summed E-state index contributed by atoms with van der Waals surface area (Å²) in [6.45, 7) is -0.0894. The van der Waals surface area contributed by atoms with Crippen molar-refractivity contribution in [1.29, 1.82) is 0 Å². The molecule has 0 fully saturated rings. The van der Waals surface area contributed by atoms with Crippen LogP contribution in [0.1, 0.15) is 27.8 Å². The van der Waals surface area contributed by atoms with Gasteiger partial charge in [0.25, 0.3) is 6.47 Å². The number of carbonyl (C=O) groups is 3. The summed E-state index contributed by atoms with van der Waals surface area (Å²) in [5.74, 6) is -2.65. The number of carbonyl (C=O) groups excluding carboxylic acids is 2. The minimum Gasteiger partial charge on any atom is -0.483 e. The lowest BCUT2D eigenvalue weighted by atomic mass is 9.99. The van der Waals surface area contributed by atoms with E-state index in [0.29, 0.717) is 6.42 Å². The highest BCUT2D eigenvalue weighted by molar-refractivity contribution is 7.59. The van der Waals surface area contributed by atoms with Crippen LogP contribution in [0.4, 0.5) is 0 Å². The molecule has 1 amide bonds. The third-order valence-electron chi connectivity index (χ3n) is 8.36. The zero-order valence-electron chi connectivity index (χ0n) is 28.9. The van der Waals surface area contributed by atoms with Gasteiger partial charge in [-0.2, -0.15) is 0 Å². The summed E-state index contributed by atoms with van der Waals surface area (Å²) in [4.78, 5) is 36.2. The maximum Gasteiger partial charge on any atom is 0.329 e. The number of esters is 1. The predicted molar refractivity (Wildman–Crippen MR) is 202 cm³/mol. The van der Waals surface area contributed by atoms with Gasteiger partial charge in [-0.25, -0.2) is 4.79 Å². The average molecular weight is 721 g/mol. The maximum atomic E-state index is 14.9. The highest BCUT2D eigenvalue weighted by atomic mass is 31.2. The molecule has 9 nitrogen and oxygen atoms in total. The molecular formula is C42H45N2O7P. The molecule has 0 aliphatic rings. The van der Waals surface area contributed by atoms with Gasteiger partial charge in [-0.1, -0.05) is 152 Å². The normalized spacial score (nSPS) is 13.6. The molecule has 0 radical (unpaired) electrons. The smallest absolute Gasteiger partial charge is 0.329 e. The number of nitrogens with two attached hydrogens (primary N) is 1. The minimum absolute atomic E-state index is 0.0745. The van der Waals surface area contributed by atoms with Crippen molar-refractivity contribution in [2.24, 2.45) is 11.7 Å². The largest absolute Gasteiger partial charge is 0.483 e. The summed E-state index contributed by atoms with van der Waals surface area (Å²) in [5, 5.41) is 9.86. The van der Waals surface area contributed by atoms with Gasteiger partial charge in [0.05, 0.1) is 18.3 Å². The van der Waals surface area contributed by atoms with Gasteiger partial charge < -0.3 is 25.4 Å². The van der Waals surface area contributed by atoms with Crippen molar-refractivity contribution in [3.05, 3.63) is 179 Å². The Labute approximate surface area is 305 Å². The van der Waals surface area contributed by atoms with Crippen LogP contribution in [0, 0.1) is 5.92 Å². The Kier molecular flexibility index (Phi) is 16.0. The lowest BCUT2D eigenvalue weighted by Crippen LogP contribution is -2.47. The van der Waals surface area contributed by atoms with Crippen molar-refractivity contribution in [1.82, 2.24) is 5.32 Å². The molecule has 0 saturated carbocycles. The van der Waals surface area contributed by atoms with Crippen molar-refractivity contribution in [2.75, 3.05) is 6.16 Å². The summed E-state index contributed by atoms with van der Waals surface area (Å²) >= 11 is 0. The number of amides is 1. The summed E-state index contributed by atoms with van der Waals surface area (Å²) in [6, 6.07) is 46.5. The quantitative estimate of drug-likeness (QED) is 0.0527. The predicted octanol–water partition coefficient (Wildman–Crippen LogP) is 7.04. The highest BCUT2D eigenvalue weighted by Crippen LogP contribution is 2.53. The SMILES string of the molecule is NC(Cc1ccccc1)P(=O)(CC(Cc1ccccc1)C(=O)N[C@@H](Cc1ccccc1)C(=O)OCc1ccccc1)OCc1ccccc1.O=CO. The lowest BCUT2D eigenvalue weighted by Gasteiger charge is -2.29. The molecule has 0 spiro atoms. The van der Waals surface area contributed by atoms with Crippen LogP contribution in [0.5, 0.6) is 0 Å². The standard InChI is InChI=1S/C41H43N2O5P.CH2O2/c42-39(28-34-20-10-3-11-21-34)49(46,48-30-36-24-14-5-15-25-36)31-37(26-32-16-6-1-7-17-32)40(44)43-38(27-33-18-8-2-9-19-33)41(45)47-29-35-22-12-4-13-23-35;2-1-3/h1-25,37-39H,26-31,42H2,(H,43,44);1H,(H,2,3)/t37?,38-,39?,49?;/m0./s1. The number of hydrogen-bond donors (Lipinski definition) is 3. The molecule has 0 saturated heterocycles. The molecule has 0 bridgehead atoms. The van der Waals surface area contributed by atoms with Gasteiger partial charge in [-0.05, 0) is 40.7 Å². The summed E-state index contributed by atoms with van der Waals surface area (Å²) < 4.78 is 26.9. The Morgan fingerprint density at radius 1 is 0.635 bits per heavy atom. The van der Waals surface area contributed by atoms with E-state index in [9.17, 15) is 14.2 Å². The molecule has 0 aliphatic carbocycles. The van der Waals surface area contributed by atoms with Crippen LogP contribution in [0.15, 0.2) is 152 Å². The van der Waals surface area contributed by atoms with Crippen LogP contribution in [0.2, 0.25) is 0 Å². The lowest BCUT2D eigenvalue weighted by molar-refractivity contribution is -0.149. The number of benzene rings is 5. The zero-order valence-corrected chi connectivity index (χ0v) is 29.8. The van der Waals surface area contributed by atoms with E-state index in [4.69, 9.17) is 24.9 Å². The van der Waals surface area contributed by atoms with E-state index in [2.05, 4.69) is 5.32 Å². The molecule has 10 heteroatoms. The van der Waals surface area contributed by atoms with Gasteiger partial charge in [0.15, 0.2) is 0 Å². The molecule has 0 aliphatic heterocycles. The number of carboxylic acid groups (broad SMARTS) is 1. The van der Waals surface area contributed by atoms with E-state index in [-0.39, 0.29) is 38.7 Å². The number of rotatable bonds is 17. The van der Waals surface area contributed by atoms with E-state index < -0.39 is 37.0 Å². The van der Waals surface area contributed by atoms with Crippen molar-refractivity contribution >= 4 is 25.7 Å². The Morgan fingerprint density at radius 2 is 1.02 bits per heavy atom. The molecular weight excluding hydrogens is 675 g/mol. The highest BCUT2D eigenvalue weighted by Gasteiger charge is 2.38. The van der Waals surface area contributed by atoms with E-state index in [1.54, 1.807) is 0 Å². The number of ether oxygens (including phenoxy) is 1. The third-order valence-corrected chi connectivity index (χ3v) is 11.1.